The van der Waals surface area contributed by atoms with Gasteiger partial charge in [0.1, 0.15) is 5.82 Å². The van der Waals surface area contributed by atoms with Gasteiger partial charge in [-0.3, -0.25) is 24.6 Å². The van der Waals surface area contributed by atoms with Crippen LogP contribution in [0.1, 0.15) is 38.4 Å². The van der Waals surface area contributed by atoms with E-state index in [4.69, 9.17) is 0 Å². The number of carbonyl (C=O) groups is 4. The summed E-state index contributed by atoms with van der Waals surface area (Å²) < 4.78 is 0. The molecule has 170 valence electrons. The second-order valence-electron chi connectivity index (χ2n) is 8.43. The molecule has 5 amide bonds. The monoisotopic (exact) mass is 448 g/mol. The van der Waals surface area contributed by atoms with E-state index in [2.05, 4.69) is 20.1 Å². The molecule has 2 fully saturated rings. The van der Waals surface area contributed by atoms with Crippen LogP contribution in [0.3, 0.4) is 0 Å². The molecule has 0 spiro atoms. The summed E-state index contributed by atoms with van der Waals surface area (Å²) in [4.78, 5) is 58.5. The lowest BCUT2D eigenvalue weighted by molar-refractivity contribution is -0.122. The van der Waals surface area contributed by atoms with Crippen molar-refractivity contribution in [1.82, 2.24) is 25.2 Å². The molecular weight excluding hydrogens is 424 g/mol. The number of anilines is 1. The number of nitrogens with one attached hydrogen (secondary N) is 1. The third-order valence-electron chi connectivity index (χ3n) is 6.18. The number of amides is 5. The first kappa shape index (κ1) is 21.1. The summed E-state index contributed by atoms with van der Waals surface area (Å²) in [6, 6.07) is 10.5. The highest BCUT2D eigenvalue weighted by Crippen LogP contribution is 2.27. The number of fused-ring (bicyclic) bond motifs is 1. The molecule has 0 atom stereocenters. The van der Waals surface area contributed by atoms with Crippen molar-refractivity contribution in [1.29, 1.82) is 0 Å². The minimum Gasteiger partial charge on any atom is -0.354 e. The number of aromatic nitrogens is 1. The van der Waals surface area contributed by atoms with Crippen LogP contribution in [0.2, 0.25) is 0 Å². The molecule has 1 aromatic carbocycles. The van der Waals surface area contributed by atoms with E-state index in [9.17, 15) is 19.2 Å². The second kappa shape index (κ2) is 8.28. The maximum absolute atomic E-state index is 13.0. The number of imide groups is 2. The van der Waals surface area contributed by atoms with Crippen molar-refractivity contribution >= 4 is 29.6 Å². The number of carbonyl (C=O) groups excluding carboxylic acids is 4. The summed E-state index contributed by atoms with van der Waals surface area (Å²) in [7, 11) is 0. The lowest BCUT2D eigenvalue weighted by atomic mass is 10.1. The van der Waals surface area contributed by atoms with Gasteiger partial charge in [0.05, 0.1) is 17.7 Å². The lowest BCUT2D eigenvalue weighted by Gasteiger charge is -2.35. The van der Waals surface area contributed by atoms with E-state index < -0.39 is 23.8 Å². The number of urea groups is 1. The standard InChI is InChI=1S/C23H24N6O4/c1-15-3-2-4-19(24-15)27-11-9-26(10-12-27)14-16-5-6-17-18(13-16)22(32)29(21(17)31)28-8-7-20(30)25-23(28)33/h2-6,13H,7-12,14H2,1H3,(H,25,30,33). The largest absolute Gasteiger partial charge is 0.354 e. The van der Waals surface area contributed by atoms with Crippen LogP contribution in [0.4, 0.5) is 10.6 Å². The fourth-order valence-corrected chi connectivity index (χ4v) is 4.44. The van der Waals surface area contributed by atoms with Gasteiger partial charge in [0.2, 0.25) is 5.91 Å². The van der Waals surface area contributed by atoms with Crippen LogP contribution in [0.25, 0.3) is 0 Å². The summed E-state index contributed by atoms with van der Waals surface area (Å²) >= 11 is 0. The molecule has 0 radical (unpaired) electrons. The van der Waals surface area contributed by atoms with Crippen molar-refractivity contribution in [3.05, 3.63) is 58.8 Å². The van der Waals surface area contributed by atoms with Crippen molar-refractivity contribution < 1.29 is 19.2 Å². The summed E-state index contributed by atoms with van der Waals surface area (Å²) in [5.41, 5.74) is 2.47. The van der Waals surface area contributed by atoms with Gasteiger partial charge in [0.25, 0.3) is 11.8 Å². The molecule has 3 aliphatic rings. The molecule has 10 nitrogen and oxygen atoms in total. The van der Waals surface area contributed by atoms with Gasteiger partial charge in [0, 0.05) is 44.8 Å². The topological polar surface area (TPSA) is 106 Å². The van der Waals surface area contributed by atoms with E-state index >= 15 is 0 Å². The van der Waals surface area contributed by atoms with Crippen molar-refractivity contribution in [3.63, 3.8) is 0 Å². The number of aryl methyl sites for hydroxylation is 1. The van der Waals surface area contributed by atoms with Crippen molar-refractivity contribution in [2.24, 2.45) is 0 Å². The molecule has 2 aromatic rings. The van der Waals surface area contributed by atoms with Crippen molar-refractivity contribution in [2.45, 2.75) is 19.9 Å². The molecule has 3 aliphatic heterocycles. The third-order valence-corrected chi connectivity index (χ3v) is 6.18. The average molecular weight is 448 g/mol. The predicted molar refractivity (Wildman–Crippen MR) is 118 cm³/mol. The van der Waals surface area contributed by atoms with Crippen LogP contribution in [-0.4, -0.2) is 76.4 Å². The van der Waals surface area contributed by atoms with Crippen molar-refractivity contribution in [2.75, 3.05) is 37.6 Å². The second-order valence-corrected chi connectivity index (χ2v) is 8.43. The Morgan fingerprint density at radius 1 is 0.909 bits per heavy atom. The Kier molecular flexibility index (Phi) is 5.29. The fourth-order valence-electron chi connectivity index (χ4n) is 4.44. The minimum atomic E-state index is -0.762. The van der Waals surface area contributed by atoms with E-state index in [0.717, 1.165) is 53.3 Å². The van der Waals surface area contributed by atoms with Gasteiger partial charge >= 0.3 is 6.03 Å². The Labute approximate surface area is 190 Å². The molecule has 33 heavy (non-hydrogen) atoms. The van der Waals surface area contributed by atoms with Gasteiger partial charge in [-0.15, -0.1) is 0 Å². The predicted octanol–water partition coefficient (Wildman–Crippen LogP) is 1.17. The molecule has 0 aliphatic carbocycles. The molecule has 0 bridgehead atoms. The quantitative estimate of drug-likeness (QED) is 0.700. The van der Waals surface area contributed by atoms with Crippen molar-refractivity contribution in [3.8, 4) is 0 Å². The van der Waals surface area contributed by atoms with Crippen LogP contribution in [-0.2, 0) is 11.3 Å². The van der Waals surface area contributed by atoms with E-state index in [-0.39, 0.29) is 24.1 Å². The highest BCUT2D eigenvalue weighted by Gasteiger charge is 2.43. The van der Waals surface area contributed by atoms with E-state index in [0.29, 0.717) is 6.54 Å². The molecular formula is C23H24N6O4. The third kappa shape index (κ3) is 3.93. The molecule has 5 rings (SSSR count). The van der Waals surface area contributed by atoms with Gasteiger partial charge in [-0.1, -0.05) is 12.1 Å². The number of pyridine rings is 1. The normalized spacial score (nSPS) is 19.2. The van der Waals surface area contributed by atoms with Crippen LogP contribution in [0, 0.1) is 6.92 Å². The molecule has 0 saturated carbocycles. The van der Waals surface area contributed by atoms with Crippen LogP contribution < -0.4 is 10.2 Å². The molecule has 0 unspecified atom stereocenters. The van der Waals surface area contributed by atoms with E-state index in [1.54, 1.807) is 12.1 Å². The van der Waals surface area contributed by atoms with Gasteiger partial charge in [0.15, 0.2) is 0 Å². The number of piperazine rings is 1. The molecule has 1 N–H and O–H groups in total. The Hall–Kier alpha value is -3.79. The number of nitrogens with zero attached hydrogens (tertiary/aromatic N) is 5. The van der Waals surface area contributed by atoms with E-state index in [1.165, 1.54) is 0 Å². The lowest BCUT2D eigenvalue weighted by Crippen LogP contribution is -2.58. The number of benzene rings is 1. The summed E-state index contributed by atoms with van der Waals surface area (Å²) in [6.07, 6.45) is 0.0362. The van der Waals surface area contributed by atoms with Gasteiger partial charge in [-0.25, -0.2) is 14.8 Å². The first-order chi connectivity index (χ1) is 15.9. The van der Waals surface area contributed by atoms with Gasteiger partial charge in [-0.05, 0) is 36.8 Å². The zero-order valence-corrected chi connectivity index (χ0v) is 18.3. The molecule has 10 heteroatoms. The Morgan fingerprint density at radius 3 is 2.39 bits per heavy atom. The summed E-state index contributed by atoms with van der Waals surface area (Å²) in [5.74, 6) is -0.532. The fraction of sp³-hybridized carbons (Fsp3) is 0.348. The molecule has 1 aromatic heterocycles. The number of hydrogen-bond acceptors (Lipinski definition) is 7. The Balaban J connectivity index is 1.26. The maximum Gasteiger partial charge on any atom is 0.343 e. The van der Waals surface area contributed by atoms with Crippen LogP contribution >= 0.6 is 0 Å². The minimum absolute atomic E-state index is 0.0108. The SMILES string of the molecule is Cc1cccc(N2CCN(Cc3ccc4c(c3)C(=O)N(N3CCC(=O)NC3=O)C4=O)CC2)n1. The average Bonchev–Trinajstić information content (AvgIpc) is 3.04. The van der Waals surface area contributed by atoms with Gasteiger partial charge in [-0.2, -0.15) is 5.01 Å². The first-order valence-electron chi connectivity index (χ1n) is 10.9. The zero-order chi connectivity index (χ0) is 23.1. The smallest absolute Gasteiger partial charge is 0.343 e. The van der Waals surface area contributed by atoms with Gasteiger partial charge < -0.3 is 4.90 Å². The Morgan fingerprint density at radius 2 is 1.67 bits per heavy atom. The molecule has 4 heterocycles. The maximum atomic E-state index is 13.0. The summed E-state index contributed by atoms with van der Waals surface area (Å²) in [6.45, 7) is 6.05. The van der Waals surface area contributed by atoms with Crippen LogP contribution in [0.15, 0.2) is 36.4 Å². The number of hydrazine groups is 1. The number of hydrogen-bond donors (Lipinski definition) is 1. The summed E-state index contributed by atoms with van der Waals surface area (Å²) in [5, 5.41) is 3.99. The highest BCUT2D eigenvalue weighted by atomic mass is 16.2. The number of rotatable bonds is 4. The molecule has 2 saturated heterocycles. The first-order valence-corrected chi connectivity index (χ1v) is 10.9. The highest BCUT2D eigenvalue weighted by molar-refractivity contribution is 6.22. The zero-order valence-electron chi connectivity index (χ0n) is 18.3. The van der Waals surface area contributed by atoms with E-state index in [1.807, 2.05) is 31.2 Å². The van der Waals surface area contributed by atoms with Crippen LogP contribution in [0.5, 0.6) is 0 Å². The Bertz CT molecular complexity index is 1160.